The van der Waals surface area contributed by atoms with Gasteiger partial charge in [0.25, 0.3) is 0 Å². The number of hydrogen-bond donors (Lipinski definition) is 18. The monoisotopic (exact) mass is 1330 g/mol. The van der Waals surface area contributed by atoms with Gasteiger partial charge in [-0.05, 0) is 74.8 Å². The Hall–Kier alpha value is -7.64. The molecule has 0 spiro atoms. The fourth-order valence-corrected chi connectivity index (χ4v) is 12.1. The van der Waals surface area contributed by atoms with Crippen molar-refractivity contribution in [1.82, 2.24) is 57.2 Å². The van der Waals surface area contributed by atoms with Crippen LogP contribution in [0.15, 0.2) is 54.6 Å². The summed E-state index contributed by atoms with van der Waals surface area (Å²) in [6, 6.07) is -2.05. The maximum atomic E-state index is 15.0. The van der Waals surface area contributed by atoms with Crippen molar-refractivity contribution in [1.29, 1.82) is 0 Å². The number of carbonyl (C=O) groups is 11. The minimum Gasteiger partial charge on any atom is -0.508 e. The lowest BCUT2D eigenvalue weighted by Gasteiger charge is -2.35. The van der Waals surface area contributed by atoms with Crippen molar-refractivity contribution >= 4 is 77.2 Å². The van der Waals surface area contributed by atoms with E-state index in [0.717, 1.165) is 41.0 Å². The van der Waals surface area contributed by atoms with Gasteiger partial charge >= 0.3 is 0 Å². The fraction of sp³-hybridized carbons (Fsp3) is 0.610. The Bertz CT molecular complexity index is 2920. The predicted molar refractivity (Wildman–Crippen MR) is 328 cm³/mol. The lowest BCUT2D eigenvalue weighted by molar-refractivity contribution is -0.149. The summed E-state index contributed by atoms with van der Waals surface area (Å²) in [4.78, 5) is 156. The highest BCUT2D eigenvalue weighted by atomic mass is 32.2. The summed E-state index contributed by atoms with van der Waals surface area (Å²) < 4.78 is 5.61. The molecule has 4 heterocycles. The number of benzene rings is 2. The van der Waals surface area contributed by atoms with Crippen LogP contribution < -0.4 is 54.0 Å². The molecule has 4 saturated heterocycles. The average Bonchev–Trinajstić information content (AvgIpc) is 1.74. The van der Waals surface area contributed by atoms with E-state index >= 15 is 4.79 Å². The summed E-state index contributed by atoms with van der Waals surface area (Å²) >= 11 is 1.46. The number of hydrogen-bond acceptors (Lipinski definition) is 23. The van der Waals surface area contributed by atoms with Crippen molar-refractivity contribution in [2.45, 2.75) is 175 Å². The fourth-order valence-electron chi connectivity index (χ4n) is 11.6. The first kappa shape index (κ1) is 74.4. The number of rotatable bonds is 25. The first-order chi connectivity index (χ1) is 44.2. The molecule has 4 fully saturated rings. The number of nitrogens with zero attached hydrogens (tertiary/aromatic N) is 3. The largest absolute Gasteiger partial charge is 0.508 e. The van der Waals surface area contributed by atoms with Crippen LogP contribution in [0.2, 0.25) is 0 Å². The number of phenolic OH excluding ortho intramolecular Hbond substituents is 1. The van der Waals surface area contributed by atoms with Gasteiger partial charge in [-0.2, -0.15) is 11.8 Å². The maximum Gasteiger partial charge on any atom is 0.248 e. The van der Waals surface area contributed by atoms with Crippen LogP contribution in [0.1, 0.15) is 76.0 Å². The number of amides is 11. The first-order valence-electron chi connectivity index (χ1n) is 30.6. The van der Waals surface area contributed by atoms with E-state index in [2.05, 4.69) is 42.5 Å². The zero-order chi connectivity index (χ0) is 68.4. The maximum absolute atomic E-state index is 15.0. The summed E-state index contributed by atoms with van der Waals surface area (Å²) in [5.74, 6) is -9.73. The van der Waals surface area contributed by atoms with Crippen LogP contribution in [0.3, 0.4) is 0 Å². The minimum absolute atomic E-state index is 0.0401. The number of ether oxygens (including phenoxy) is 1. The van der Waals surface area contributed by atoms with E-state index in [9.17, 15) is 88.8 Å². The Morgan fingerprint density at radius 1 is 0.774 bits per heavy atom. The molecule has 6 rings (SSSR count). The van der Waals surface area contributed by atoms with E-state index in [1.807, 2.05) is 6.26 Å². The molecule has 4 aliphatic rings. The van der Waals surface area contributed by atoms with E-state index in [-0.39, 0.29) is 50.3 Å². The number of aliphatic hydroxyl groups excluding tert-OH is 7. The van der Waals surface area contributed by atoms with E-state index in [1.165, 1.54) is 16.7 Å². The Morgan fingerprint density at radius 3 is 2.10 bits per heavy atom. The van der Waals surface area contributed by atoms with E-state index in [4.69, 9.17) is 16.2 Å². The molecule has 33 nitrogen and oxygen atoms in total. The Labute approximate surface area is 539 Å². The van der Waals surface area contributed by atoms with Crippen LogP contribution in [0, 0.1) is 0 Å². The van der Waals surface area contributed by atoms with Crippen molar-refractivity contribution in [3.63, 3.8) is 0 Å². The number of aromatic hydroxyl groups is 1. The second-order valence-corrected chi connectivity index (χ2v) is 24.4. The molecule has 18 atom stereocenters. The van der Waals surface area contributed by atoms with Gasteiger partial charge in [-0.1, -0.05) is 42.5 Å². The molecule has 0 aromatic heterocycles. The molecule has 0 radical (unpaired) electrons. The highest BCUT2D eigenvalue weighted by Crippen LogP contribution is 2.28. The van der Waals surface area contributed by atoms with E-state index in [0.29, 0.717) is 24.1 Å². The van der Waals surface area contributed by atoms with Crippen LogP contribution in [0.4, 0.5) is 0 Å². The van der Waals surface area contributed by atoms with Gasteiger partial charge in [-0.3, -0.25) is 52.7 Å². The molecule has 2 aromatic rings. The second kappa shape index (κ2) is 35.0. The first-order valence-corrected chi connectivity index (χ1v) is 31.9. The normalized spacial score (nSPS) is 28.0. The summed E-state index contributed by atoms with van der Waals surface area (Å²) in [6.45, 7) is 0.542. The quantitative estimate of drug-likeness (QED) is 0.0411. The molecule has 20 N–H and O–H groups in total. The zero-order valence-corrected chi connectivity index (χ0v) is 52.5. The van der Waals surface area contributed by atoms with Gasteiger partial charge in [0.05, 0.1) is 37.1 Å². The van der Waals surface area contributed by atoms with Gasteiger partial charge in [0.1, 0.15) is 72.4 Å². The van der Waals surface area contributed by atoms with Crippen molar-refractivity contribution < 1.29 is 98.3 Å². The molecule has 0 saturated carbocycles. The van der Waals surface area contributed by atoms with E-state index < -0.39 is 214 Å². The van der Waals surface area contributed by atoms with Crippen LogP contribution >= 0.6 is 11.8 Å². The average molecular weight is 1330 g/mol. The van der Waals surface area contributed by atoms with Crippen molar-refractivity contribution in [2.24, 2.45) is 11.5 Å². The highest BCUT2D eigenvalue weighted by Gasteiger charge is 2.50. The molecule has 4 aliphatic heterocycles. The third kappa shape index (κ3) is 19.7. The number of nitrogens with one attached hydrogen (secondary N) is 8. The number of nitrogens with two attached hydrogens (primary N) is 2. The van der Waals surface area contributed by atoms with Gasteiger partial charge < -0.3 is 114 Å². The molecule has 0 bridgehead atoms. The molecular formula is C59H87N13O20S. The number of phenols is 1. The van der Waals surface area contributed by atoms with Gasteiger partial charge in [0.15, 0.2) is 6.23 Å². The third-order valence-electron chi connectivity index (χ3n) is 16.6. The number of likely N-dealkylation sites (tertiary alicyclic amines) is 1. The summed E-state index contributed by atoms with van der Waals surface area (Å²) in [7, 11) is 0. The van der Waals surface area contributed by atoms with Gasteiger partial charge in [-0.25, -0.2) is 0 Å². The molecular weight excluding hydrogens is 1240 g/mol. The number of fused-ring (bicyclic) bond motifs is 2. The molecule has 11 amide bonds. The number of carbonyl (C=O) groups excluding carboxylic acids is 11. The minimum atomic E-state index is -2.39. The summed E-state index contributed by atoms with van der Waals surface area (Å²) in [5, 5.41) is 109. The molecule has 93 heavy (non-hydrogen) atoms. The van der Waals surface area contributed by atoms with Crippen LogP contribution in [0.25, 0.3) is 0 Å². The molecule has 0 aliphatic carbocycles. The van der Waals surface area contributed by atoms with Crippen LogP contribution in [-0.4, -0.2) is 276 Å². The highest BCUT2D eigenvalue weighted by molar-refractivity contribution is 7.98. The van der Waals surface area contributed by atoms with Crippen molar-refractivity contribution in [3.05, 3.63) is 65.7 Å². The second-order valence-electron chi connectivity index (χ2n) is 23.4. The number of aliphatic hydroxyl groups is 7. The Balaban J connectivity index is 1.26. The van der Waals surface area contributed by atoms with Crippen molar-refractivity contribution in [3.8, 4) is 5.75 Å². The lowest BCUT2D eigenvalue weighted by atomic mass is 9.96. The summed E-state index contributed by atoms with van der Waals surface area (Å²) in [6.07, 6.45) is -14.8. The smallest absolute Gasteiger partial charge is 0.248 e. The number of thioether (sulfide) groups is 1. The Kier molecular flexibility index (Phi) is 28.0. The standard InChI is InChI=1S/C59H87N13O20S/c1-29-23-37(65-51(84)36(64-28-73)16-22-93-3)57(89)72(29)39(24-31-7-5-4-6-8-31)52(85)63-19-14-43(80)62-18-13-40(77)45-59(91)70-20-15-41(78)47(70)55(88)69-56(92-21-17-60)42(79)26-35(61)50(83)66-44(30(2)74)58(90)71-27-34(76)25-38(71)53(86)68-46(54(87)67-45)49(82)48(81)32-9-11-33(75)12-10-32/h4-12,28-30,34-42,44-49,56,74-79,81-82H,13-27,60-61H2,1-3H3,(H,62,80)(H,63,85)(H,64,73)(H,65,84)(H,66,83)(H,67,87)(H,68,86)(H,69,88)/t29?,30-,34-,35?,36+,37+,38+,39+,40-,41+,42-,44+,45+,46+,47+,48+,49+,56-/m1/s1. The van der Waals surface area contributed by atoms with Gasteiger partial charge in [0, 0.05) is 64.4 Å². The molecule has 2 unspecified atom stereocenters. The molecule has 514 valence electrons. The SMILES string of the molecule is CSCC[C@H](NC=O)C(=O)N[C@H]1CC(C)N([C@@H](Cc2ccccc2)C(=O)NCCC(=O)NCC[C@@H](O)[C@@H]2NC(=O)[C@H]([C@H](O)[C@@H](O)c3ccc(O)cc3)NC(=O)[C@@H]3C[C@@H](O)CN3C(=O)[C@H]([C@@H](C)O)NC(=O)C(N)C[C@@H](O)[C@@H](OCCN)NC(=O)[C@@H]3[C@@H](O)CCN3C2=O)C1=O. The topological polar surface area (TPSA) is 517 Å². The molecule has 2 aromatic carbocycles. The van der Waals surface area contributed by atoms with Crippen LogP contribution in [0.5, 0.6) is 5.75 Å². The van der Waals surface area contributed by atoms with E-state index in [1.54, 1.807) is 37.3 Å². The van der Waals surface area contributed by atoms with Gasteiger partial charge in [-0.15, -0.1) is 0 Å². The summed E-state index contributed by atoms with van der Waals surface area (Å²) in [5.41, 5.74) is 12.4. The molecule has 34 heteroatoms. The Morgan fingerprint density at radius 2 is 1.44 bits per heavy atom. The van der Waals surface area contributed by atoms with Gasteiger partial charge in [0.2, 0.25) is 65.5 Å². The zero-order valence-electron chi connectivity index (χ0n) is 51.7. The predicted octanol–water partition coefficient (Wildman–Crippen LogP) is -7.99. The lowest BCUT2D eigenvalue weighted by Crippen LogP contribution is -2.64. The van der Waals surface area contributed by atoms with Crippen LogP contribution in [-0.2, 0) is 63.9 Å². The van der Waals surface area contributed by atoms with Crippen molar-refractivity contribution in [2.75, 3.05) is 51.3 Å². The third-order valence-corrected chi connectivity index (χ3v) is 17.2.